The lowest BCUT2D eigenvalue weighted by Gasteiger charge is -2.08. The molecule has 1 aliphatic carbocycles. The van der Waals surface area contributed by atoms with Crippen molar-refractivity contribution in [3.8, 4) is 0 Å². The molecule has 9 heteroatoms. The number of nitrogens with zero attached hydrogens (tertiary/aromatic N) is 4. The van der Waals surface area contributed by atoms with Gasteiger partial charge in [-0.15, -0.1) is 10.2 Å². The molecule has 29 heavy (non-hydrogen) atoms. The molecule has 1 aromatic carbocycles. The summed E-state index contributed by atoms with van der Waals surface area (Å²) in [6.07, 6.45) is 3.88. The average Bonchev–Trinajstić information content (AvgIpc) is 3.38. The van der Waals surface area contributed by atoms with Gasteiger partial charge in [0.15, 0.2) is 0 Å². The van der Waals surface area contributed by atoms with Crippen LogP contribution in [0.5, 0.6) is 0 Å². The second-order valence-electron chi connectivity index (χ2n) is 6.81. The molecule has 0 saturated heterocycles. The highest BCUT2D eigenvalue weighted by Gasteiger charge is 2.46. The molecule has 3 aromatic rings. The minimum atomic E-state index is -0.323. The fourth-order valence-electron chi connectivity index (χ4n) is 3.18. The van der Waals surface area contributed by atoms with Crippen LogP contribution in [-0.2, 0) is 11.3 Å². The largest absolute Gasteiger partial charge is 0.326 e. The molecule has 2 amide bonds. The second kappa shape index (κ2) is 8.00. The van der Waals surface area contributed by atoms with Gasteiger partial charge in [0.2, 0.25) is 5.91 Å². The third-order valence-corrected chi connectivity index (χ3v) is 5.03. The number of hydrogen-bond acceptors (Lipinski definition) is 5. The molecule has 2 heterocycles. The van der Waals surface area contributed by atoms with Crippen molar-refractivity contribution < 1.29 is 9.59 Å². The summed E-state index contributed by atoms with van der Waals surface area (Å²) in [5.41, 5.74) is 0.979. The highest BCUT2D eigenvalue weighted by molar-refractivity contribution is 6.30. The zero-order chi connectivity index (χ0) is 20.4. The minimum absolute atomic E-state index is 0.0833. The third-order valence-electron chi connectivity index (χ3n) is 4.81. The van der Waals surface area contributed by atoms with Crippen molar-refractivity contribution in [2.24, 2.45) is 5.92 Å². The van der Waals surface area contributed by atoms with E-state index in [4.69, 9.17) is 11.6 Å². The van der Waals surface area contributed by atoms with Crippen LogP contribution >= 0.6 is 11.6 Å². The highest BCUT2D eigenvalue weighted by Crippen LogP contribution is 2.47. The lowest BCUT2D eigenvalue weighted by Crippen LogP contribution is -2.17. The van der Waals surface area contributed by atoms with Gasteiger partial charge in [0, 0.05) is 35.8 Å². The second-order valence-corrected chi connectivity index (χ2v) is 7.25. The van der Waals surface area contributed by atoms with Crippen molar-refractivity contribution in [2.75, 3.05) is 10.6 Å². The molecule has 0 radical (unpaired) electrons. The molecule has 2 N–H and O–H groups in total. The van der Waals surface area contributed by atoms with Crippen LogP contribution in [0.4, 0.5) is 11.5 Å². The number of amides is 2. The summed E-state index contributed by atoms with van der Waals surface area (Å²) in [4.78, 5) is 29.1. The fourth-order valence-corrected chi connectivity index (χ4v) is 3.29. The molecule has 4 rings (SSSR count). The number of pyridine rings is 1. The standard InChI is InChI=1S/C20H19ClN6O2/c1-2-27-11-23-26-18(27)15-9-16(15)20(29)24-14-5-3-4-12(8-14)19(28)25-17-7-6-13(21)10-22-17/h3-8,10-11,15-16H,2,9H2,1H3,(H,24,29)(H,22,25,28). The maximum Gasteiger partial charge on any atom is 0.256 e. The van der Waals surface area contributed by atoms with Gasteiger partial charge in [-0.2, -0.15) is 0 Å². The number of benzene rings is 1. The number of nitrogens with one attached hydrogen (secondary N) is 2. The van der Waals surface area contributed by atoms with Crippen LogP contribution in [-0.4, -0.2) is 31.6 Å². The molecule has 0 spiro atoms. The molecular formula is C20H19ClN6O2. The summed E-state index contributed by atoms with van der Waals surface area (Å²) in [5.74, 6) is 0.778. The molecule has 0 bridgehead atoms. The van der Waals surface area contributed by atoms with Crippen molar-refractivity contribution in [1.82, 2.24) is 19.7 Å². The van der Waals surface area contributed by atoms with E-state index in [0.717, 1.165) is 18.8 Å². The van der Waals surface area contributed by atoms with E-state index >= 15 is 0 Å². The first-order valence-electron chi connectivity index (χ1n) is 9.26. The molecule has 8 nitrogen and oxygen atoms in total. The smallest absolute Gasteiger partial charge is 0.256 e. The van der Waals surface area contributed by atoms with E-state index in [9.17, 15) is 9.59 Å². The Morgan fingerprint density at radius 2 is 2.10 bits per heavy atom. The predicted octanol–water partition coefficient (Wildman–Crippen LogP) is 3.34. The highest BCUT2D eigenvalue weighted by atomic mass is 35.5. The monoisotopic (exact) mass is 410 g/mol. The number of rotatable bonds is 6. The molecule has 2 unspecified atom stereocenters. The van der Waals surface area contributed by atoms with E-state index in [1.807, 2.05) is 11.5 Å². The van der Waals surface area contributed by atoms with Crippen molar-refractivity contribution in [3.05, 3.63) is 65.3 Å². The van der Waals surface area contributed by atoms with Crippen LogP contribution in [0.1, 0.15) is 35.4 Å². The summed E-state index contributed by atoms with van der Waals surface area (Å²) in [6.45, 7) is 2.78. The van der Waals surface area contributed by atoms with Gasteiger partial charge in [0.05, 0.1) is 5.02 Å². The van der Waals surface area contributed by atoms with Gasteiger partial charge in [-0.3, -0.25) is 9.59 Å². The Bertz CT molecular complexity index is 1050. The number of hydrogen-bond donors (Lipinski definition) is 2. The topological polar surface area (TPSA) is 102 Å². The lowest BCUT2D eigenvalue weighted by atomic mass is 10.1. The maximum atomic E-state index is 12.6. The van der Waals surface area contributed by atoms with Gasteiger partial charge in [0.1, 0.15) is 18.0 Å². The summed E-state index contributed by atoms with van der Waals surface area (Å²) in [6, 6.07) is 10.0. The first-order chi connectivity index (χ1) is 14.0. The maximum absolute atomic E-state index is 12.6. The summed E-state index contributed by atoms with van der Waals surface area (Å²) >= 11 is 5.80. The van der Waals surface area contributed by atoms with E-state index in [1.54, 1.807) is 42.7 Å². The number of aryl methyl sites for hydroxylation is 1. The Kier molecular flexibility index (Phi) is 5.26. The van der Waals surface area contributed by atoms with Crippen molar-refractivity contribution in [1.29, 1.82) is 0 Å². The number of halogens is 1. The van der Waals surface area contributed by atoms with E-state index < -0.39 is 0 Å². The lowest BCUT2D eigenvalue weighted by molar-refractivity contribution is -0.117. The van der Waals surface area contributed by atoms with Crippen LogP contribution in [0.15, 0.2) is 48.9 Å². The minimum Gasteiger partial charge on any atom is -0.326 e. The predicted molar refractivity (Wildman–Crippen MR) is 109 cm³/mol. The van der Waals surface area contributed by atoms with Crippen molar-refractivity contribution in [2.45, 2.75) is 25.8 Å². The number of aromatic nitrogens is 4. The van der Waals surface area contributed by atoms with Crippen LogP contribution in [0.3, 0.4) is 0 Å². The first-order valence-corrected chi connectivity index (χ1v) is 9.64. The summed E-state index contributed by atoms with van der Waals surface area (Å²) < 4.78 is 1.95. The number of anilines is 2. The SMILES string of the molecule is CCn1cnnc1C1CC1C(=O)Nc1cccc(C(=O)Nc2ccc(Cl)cn2)c1. The Balaban J connectivity index is 1.39. The van der Waals surface area contributed by atoms with Gasteiger partial charge in [-0.25, -0.2) is 4.98 Å². The molecule has 148 valence electrons. The van der Waals surface area contributed by atoms with Gasteiger partial charge < -0.3 is 15.2 Å². The molecule has 2 atom stereocenters. The third kappa shape index (κ3) is 4.27. The summed E-state index contributed by atoms with van der Waals surface area (Å²) in [5, 5.41) is 14.1. The van der Waals surface area contributed by atoms with Gasteiger partial charge in [-0.1, -0.05) is 17.7 Å². The van der Waals surface area contributed by atoms with E-state index in [1.165, 1.54) is 6.20 Å². The number of carbonyl (C=O) groups excluding carboxylic acids is 2. The quantitative estimate of drug-likeness (QED) is 0.648. The number of carbonyl (C=O) groups is 2. The zero-order valence-electron chi connectivity index (χ0n) is 15.7. The van der Waals surface area contributed by atoms with E-state index in [0.29, 0.717) is 22.1 Å². The molecule has 1 aliphatic rings. The Labute approximate surface area is 172 Å². The Morgan fingerprint density at radius 3 is 2.86 bits per heavy atom. The van der Waals surface area contributed by atoms with Gasteiger partial charge in [-0.05, 0) is 43.7 Å². The van der Waals surface area contributed by atoms with Crippen LogP contribution in [0.2, 0.25) is 5.02 Å². The van der Waals surface area contributed by atoms with Crippen molar-refractivity contribution in [3.63, 3.8) is 0 Å². The van der Waals surface area contributed by atoms with Crippen LogP contribution in [0.25, 0.3) is 0 Å². The zero-order valence-corrected chi connectivity index (χ0v) is 16.4. The van der Waals surface area contributed by atoms with E-state index in [2.05, 4.69) is 25.8 Å². The normalized spacial score (nSPS) is 17.6. The fraction of sp³-hybridized carbons (Fsp3) is 0.250. The molecule has 2 aromatic heterocycles. The average molecular weight is 411 g/mol. The van der Waals surface area contributed by atoms with Gasteiger partial charge in [0.25, 0.3) is 5.91 Å². The first kappa shape index (κ1) is 19.1. The van der Waals surface area contributed by atoms with Crippen molar-refractivity contribution >= 4 is 34.9 Å². The Hall–Kier alpha value is -3.26. The molecule has 0 aliphatic heterocycles. The van der Waals surface area contributed by atoms with Crippen LogP contribution in [0, 0.1) is 5.92 Å². The summed E-state index contributed by atoms with van der Waals surface area (Å²) in [7, 11) is 0. The van der Waals surface area contributed by atoms with Crippen LogP contribution < -0.4 is 10.6 Å². The molecule has 1 saturated carbocycles. The Morgan fingerprint density at radius 1 is 1.24 bits per heavy atom. The molecule has 1 fully saturated rings. The van der Waals surface area contributed by atoms with E-state index in [-0.39, 0.29) is 23.7 Å². The van der Waals surface area contributed by atoms with Gasteiger partial charge >= 0.3 is 0 Å². The molecular weight excluding hydrogens is 392 g/mol.